The fourth-order valence-corrected chi connectivity index (χ4v) is 2.99. The predicted molar refractivity (Wildman–Crippen MR) is 110 cm³/mol. The lowest BCUT2D eigenvalue weighted by molar-refractivity contribution is 0.0847. The predicted octanol–water partition coefficient (Wildman–Crippen LogP) is 3.68. The van der Waals surface area contributed by atoms with Gasteiger partial charge in [-0.15, -0.1) is 0 Å². The van der Waals surface area contributed by atoms with E-state index in [1.165, 1.54) is 24.3 Å². The summed E-state index contributed by atoms with van der Waals surface area (Å²) >= 11 is 0. The van der Waals surface area contributed by atoms with Crippen molar-refractivity contribution in [3.8, 4) is 17.0 Å². The van der Waals surface area contributed by atoms with E-state index in [-0.39, 0.29) is 5.75 Å². The molecule has 0 bridgehead atoms. The van der Waals surface area contributed by atoms with E-state index in [1.54, 1.807) is 6.07 Å². The van der Waals surface area contributed by atoms with E-state index in [9.17, 15) is 14.7 Å². The molecule has 4 rings (SSSR count). The molecule has 0 aliphatic rings. The number of nitrogens with one attached hydrogen (secondary N) is 2. The van der Waals surface area contributed by atoms with Crippen LogP contribution in [0.3, 0.4) is 0 Å². The Balaban J connectivity index is 1.62. The molecule has 3 N–H and O–H groups in total. The number of amides is 2. The molecular weight excluding hydrogens is 366 g/mol. The molecule has 0 aliphatic carbocycles. The van der Waals surface area contributed by atoms with Gasteiger partial charge in [0.1, 0.15) is 5.75 Å². The van der Waals surface area contributed by atoms with Gasteiger partial charge in [0.25, 0.3) is 11.8 Å². The number of phenolic OH excluding ortho intramolecular Hbond substituents is 1. The Labute approximate surface area is 166 Å². The lowest BCUT2D eigenvalue weighted by Gasteiger charge is -2.11. The van der Waals surface area contributed by atoms with Crippen molar-refractivity contribution >= 4 is 22.7 Å². The van der Waals surface area contributed by atoms with Crippen LogP contribution in [0.4, 0.5) is 0 Å². The van der Waals surface area contributed by atoms with E-state index in [0.717, 1.165) is 5.56 Å². The van der Waals surface area contributed by atoms with Crippen LogP contribution in [0.5, 0.6) is 5.75 Å². The first-order chi connectivity index (χ1) is 14.1. The van der Waals surface area contributed by atoms with Crippen LogP contribution >= 0.6 is 0 Å². The summed E-state index contributed by atoms with van der Waals surface area (Å²) in [7, 11) is 0. The molecule has 142 valence electrons. The Hall–Kier alpha value is -4.19. The Morgan fingerprint density at radius 2 is 1.41 bits per heavy atom. The highest BCUT2D eigenvalue weighted by Gasteiger charge is 2.15. The maximum absolute atomic E-state index is 12.8. The molecule has 0 fully saturated rings. The standard InChI is InChI=1S/C23H17N3O3/c27-17-12-10-16(11-13-17)22(28)25-26-23(29)19-14-21(15-6-2-1-3-7-15)24-20-9-5-4-8-18(19)20/h1-14,27H,(H,25,28)(H,26,29). The van der Waals surface area contributed by atoms with Gasteiger partial charge in [0, 0.05) is 16.5 Å². The normalized spacial score (nSPS) is 10.5. The topological polar surface area (TPSA) is 91.3 Å². The van der Waals surface area contributed by atoms with Gasteiger partial charge in [-0.2, -0.15) is 0 Å². The van der Waals surface area contributed by atoms with E-state index in [4.69, 9.17) is 0 Å². The average molecular weight is 383 g/mol. The first-order valence-electron chi connectivity index (χ1n) is 8.97. The average Bonchev–Trinajstić information content (AvgIpc) is 2.77. The monoisotopic (exact) mass is 383 g/mol. The summed E-state index contributed by atoms with van der Waals surface area (Å²) in [6.45, 7) is 0. The third-order valence-corrected chi connectivity index (χ3v) is 4.45. The molecule has 6 heteroatoms. The van der Waals surface area contributed by atoms with Crippen LogP contribution in [0.1, 0.15) is 20.7 Å². The maximum Gasteiger partial charge on any atom is 0.270 e. The molecule has 0 saturated heterocycles. The lowest BCUT2D eigenvalue weighted by Crippen LogP contribution is -2.41. The van der Waals surface area contributed by atoms with Crippen LogP contribution in [0, 0.1) is 0 Å². The van der Waals surface area contributed by atoms with E-state index >= 15 is 0 Å². The van der Waals surface area contributed by atoms with Gasteiger partial charge in [-0.1, -0.05) is 48.5 Å². The summed E-state index contributed by atoms with van der Waals surface area (Å²) in [4.78, 5) is 29.7. The first kappa shape index (κ1) is 18.2. The summed E-state index contributed by atoms with van der Waals surface area (Å²) in [6, 6.07) is 24.4. The van der Waals surface area contributed by atoms with Crippen molar-refractivity contribution in [1.82, 2.24) is 15.8 Å². The second kappa shape index (κ2) is 7.82. The number of aromatic hydroxyl groups is 1. The number of benzene rings is 3. The summed E-state index contributed by atoms with van der Waals surface area (Å²) in [5.41, 5.74) is 7.81. The molecule has 1 aromatic heterocycles. The number of carbonyl (C=O) groups is 2. The number of hydrazine groups is 1. The molecule has 0 saturated carbocycles. The van der Waals surface area contributed by atoms with Crippen LogP contribution in [-0.4, -0.2) is 21.9 Å². The number of para-hydroxylation sites is 1. The van der Waals surface area contributed by atoms with Gasteiger partial charge in [-0.25, -0.2) is 4.98 Å². The van der Waals surface area contributed by atoms with Gasteiger partial charge in [-0.05, 0) is 36.4 Å². The smallest absolute Gasteiger partial charge is 0.270 e. The molecule has 1 heterocycles. The molecule has 0 atom stereocenters. The van der Waals surface area contributed by atoms with Crippen LogP contribution in [0.2, 0.25) is 0 Å². The maximum atomic E-state index is 12.8. The SMILES string of the molecule is O=C(NNC(=O)c1cc(-c2ccccc2)nc2ccccc12)c1ccc(O)cc1. The minimum Gasteiger partial charge on any atom is -0.508 e. The van der Waals surface area contributed by atoms with Crippen molar-refractivity contribution in [3.05, 3.63) is 96.1 Å². The highest BCUT2D eigenvalue weighted by molar-refractivity contribution is 6.08. The van der Waals surface area contributed by atoms with Crippen LogP contribution < -0.4 is 10.9 Å². The quantitative estimate of drug-likeness (QED) is 0.471. The third kappa shape index (κ3) is 3.91. The minimum absolute atomic E-state index is 0.0577. The Morgan fingerprint density at radius 1 is 0.759 bits per heavy atom. The number of fused-ring (bicyclic) bond motifs is 1. The van der Waals surface area contributed by atoms with Crippen molar-refractivity contribution in [2.75, 3.05) is 0 Å². The second-order valence-corrected chi connectivity index (χ2v) is 6.39. The van der Waals surface area contributed by atoms with Gasteiger partial charge >= 0.3 is 0 Å². The molecule has 4 aromatic rings. The number of phenols is 1. The number of carbonyl (C=O) groups excluding carboxylic acids is 2. The number of pyridine rings is 1. The van der Waals surface area contributed by atoms with E-state index < -0.39 is 11.8 Å². The minimum atomic E-state index is -0.486. The fraction of sp³-hybridized carbons (Fsp3) is 0. The highest BCUT2D eigenvalue weighted by atomic mass is 16.3. The van der Waals surface area contributed by atoms with Crippen molar-refractivity contribution in [1.29, 1.82) is 0 Å². The molecule has 6 nitrogen and oxygen atoms in total. The molecule has 0 spiro atoms. The zero-order chi connectivity index (χ0) is 20.2. The number of hydrogen-bond donors (Lipinski definition) is 3. The molecule has 0 aliphatic heterocycles. The Morgan fingerprint density at radius 3 is 2.17 bits per heavy atom. The Kier molecular flexibility index (Phi) is 4.90. The zero-order valence-electron chi connectivity index (χ0n) is 15.3. The summed E-state index contributed by atoms with van der Waals surface area (Å²) in [5, 5.41) is 10.0. The van der Waals surface area contributed by atoms with Gasteiger partial charge in [0.15, 0.2) is 0 Å². The molecule has 3 aromatic carbocycles. The van der Waals surface area contributed by atoms with Crippen LogP contribution in [0.25, 0.3) is 22.2 Å². The third-order valence-electron chi connectivity index (χ3n) is 4.45. The van der Waals surface area contributed by atoms with Gasteiger partial charge in [-0.3, -0.25) is 20.4 Å². The van der Waals surface area contributed by atoms with E-state index in [1.807, 2.05) is 54.6 Å². The Bertz CT molecular complexity index is 1190. The fourth-order valence-electron chi connectivity index (χ4n) is 2.99. The number of nitrogens with zero attached hydrogens (tertiary/aromatic N) is 1. The molecule has 0 radical (unpaired) electrons. The molecule has 29 heavy (non-hydrogen) atoms. The molecular formula is C23H17N3O3. The van der Waals surface area contributed by atoms with Crippen molar-refractivity contribution < 1.29 is 14.7 Å². The van der Waals surface area contributed by atoms with E-state index in [2.05, 4.69) is 15.8 Å². The summed E-state index contributed by atoms with van der Waals surface area (Å²) in [6.07, 6.45) is 0. The van der Waals surface area contributed by atoms with Gasteiger partial charge in [0.2, 0.25) is 0 Å². The largest absolute Gasteiger partial charge is 0.508 e. The van der Waals surface area contributed by atoms with Crippen LogP contribution in [0.15, 0.2) is 84.9 Å². The first-order valence-corrected chi connectivity index (χ1v) is 8.97. The highest BCUT2D eigenvalue weighted by Crippen LogP contribution is 2.24. The zero-order valence-corrected chi connectivity index (χ0v) is 15.3. The molecule has 2 amide bonds. The van der Waals surface area contributed by atoms with Gasteiger partial charge in [0.05, 0.1) is 16.8 Å². The lowest BCUT2D eigenvalue weighted by atomic mass is 10.0. The summed E-state index contributed by atoms with van der Waals surface area (Å²) in [5.74, 6) is -0.879. The van der Waals surface area contributed by atoms with Crippen molar-refractivity contribution in [3.63, 3.8) is 0 Å². The number of aromatic nitrogens is 1. The van der Waals surface area contributed by atoms with Gasteiger partial charge < -0.3 is 5.11 Å². The van der Waals surface area contributed by atoms with Crippen LogP contribution in [-0.2, 0) is 0 Å². The van der Waals surface area contributed by atoms with E-state index in [0.29, 0.717) is 27.7 Å². The summed E-state index contributed by atoms with van der Waals surface area (Å²) < 4.78 is 0. The number of hydrogen-bond acceptors (Lipinski definition) is 4. The second-order valence-electron chi connectivity index (χ2n) is 6.39. The number of rotatable bonds is 3. The molecule has 0 unspecified atom stereocenters. The van der Waals surface area contributed by atoms with Crippen molar-refractivity contribution in [2.45, 2.75) is 0 Å². The van der Waals surface area contributed by atoms with Crippen molar-refractivity contribution in [2.24, 2.45) is 0 Å².